The molecule has 2 aliphatic heterocycles. The Bertz CT molecular complexity index is 751. The number of hydrogen-bond acceptors (Lipinski definition) is 4. The average molecular weight is 384 g/mol. The minimum Gasteiger partial charge on any atom is -0.475 e. The lowest BCUT2D eigenvalue weighted by Crippen LogP contribution is -2.32. The second-order valence-corrected chi connectivity index (χ2v) is 7.87. The van der Waals surface area contributed by atoms with Crippen LogP contribution in [-0.4, -0.2) is 41.7 Å². The Balaban J connectivity index is 0.000000260. The van der Waals surface area contributed by atoms with Crippen molar-refractivity contribution in [3.05, 3.63) is 35.4 Å². The van der Waals surface area contributed by atoms with Crippen LogP contribution in [0.25, 0.3) is 0 Å². The number of nitrogens with zero attached hydrogens (tertiary/aromatic N) is 1. The molecular weight excluding hydrogens is 361 g/mol. The summed E-state index contributed by atoms with van der Waals surface area (Å²) in [5.41, 5.74) is 3.72. The minimum atomic E-state index is -5.08. The summed E-state index contributed by atoms with van der Waals surface area (Å²) in [6, 6.07) is 8.80. The number of hydrogen-bond donors (Lipinski definition) is 2. The van der Waals surface area contributed by atoms with Gasteiger partial charge in [-0.25, -0.2) is 4.79 Å². The van der Waals surface area contributed by atoms with Crippen LogP contribution >= 0.6 is 0 Å². The molecule has 0 radical (unpaired) electrons. The topological polar surface area (TPSA) is 70.9 Å². The van der Waals surface area contributed by atoms with E-state index in [1.165, 1.54) is 16.8 Å². The molecule has 4 atom stereocenters. The van der Waals surface area contributed by atoms with Gasteiger partial charge in [0.25, 0.3) is 0 Å². The van der Waals surface area contributed by atoms with Crippen LogP contribution in [-0.2, 0) is 9.63 Å². The molecule has 2 fully saturated rings. The zero-order valence-electron chi connectivity index (χ0n) is 15.4. The number of carboxylic acids is 1. The first-order chi connectivity index (χ1) is 12.5. The second kappa shape index (κ2) is 6.82. The molecule has 1 saturated heterocycles. The number of rotatable bonds is 2. The first-order valence-electron chi connectivity index (χ1n) is 8.85. The number of carboxylic acid groups (broad SMARTS) is 1. The number of halogens is 3. The molecule has 1 aliphatic carbocycles. The van der Waals surface area contributed by atoms with Crippen LogP contribution in [0.2, 0.25) is 0 Å². The Labute approximate surface area is 155 Å². The molecule has 0 bridgehead atoms. The molecule has 2 heterocycles. The summed E-state index contributed by atoms with van der Waals surface area (Å²) < 4.78 is 31.7. The van der Waals surface area contributed by atoms with E-state index in [2.05, 4.69) is 55.5 Å². The summed E-state index contributed by atoms with van der Waals surface area (Å²) in [6.07, 6.45) is -5.08. The maximum Gasteiger partial charge on any atom is 0.490 e. The molecule has 1 aromatic carbocycles. The van der Waals surface area contributed by atoms with Gasteiger partial charge in [0.2, 0.25) is 0 Å². The summed E-state index contributed by atoms with van der Waals surface area (Å²) >= 11 is 0. The molecule has 0 spiro atoms. The molecule has 0 amide bonds. The van der Waals surface area contributed by atoms with Gasteiger partial charge in [0.05, 0.1) is 11.6 Å². The van der Waals surface area contributed by atoms with Gasteiger partial charge in [-0.15, -0.1) is 0 Å². The van der Waals surface area contributed by atoms with E-state index in [-0.39, 0.29) is 5.60 Å². The number of alkyl halides is 3. The first kappa shape index (κ1) is 19.7. The number of nitrogens with one attached hydrogen (secondary N) is 1. The fourth-order valence-electron chi connectivity index (χ4n) is 4.16. The van der Waals surface area contributed by atoms with Gasteiger partial charge in [-0.1, -0.05) is 35.0 Å². The van der Waals surface area contributed by atoms with Crippen LogP contribution in [0.5, 0.6) is 0 Å². The maximum absolute atomic E-state index is 10.6. The molecule has 1 saturated carbocycles. The quantitative estimate of drug-likeness (QED) is 0.821. The zero-order valence-corrected chi connectivity index (χ0v) is 15.4. The van der Waals surface area contributed by atoms with E-state index in [0.717, 1.165) is 24.9 Å². The molecule has 8 heteroatoms. The van der Waals surface area contributed by atoms with E-state index >= 15 is 0 Å². The predicted octanol–water partition coefficient (Wildman–Crippen LogP) is 3.34. The number of fused-ring (bicyclic) bond motifs is 1. The Hall–Kier alpha value is -2.09. The predicted molar refractivity (Wildman–Crippen MR) is 93.5 cm³/mol. The molecule has 27 heavy (non-hydrogen) atoms. The van der Waals surface area contributed by atoms with Gasteiger partial charge >= 0.3 is 12.1 Å². The lowest BCUT2D eigenvalue weighted by Gasteiger charge is -2.26. The third-order valence-electron chi connectivity index (χ3n) is 5.43. The van der Waals surface area contributed by atoms with E-state index in [4.69, 9.17) is 14.7 Å². The third kappa shape index (κ3) is 3.95. The van der Waals surface area contributed by atoms with E-state index < -0.39 is 12.1 Å². The molecule has 4 rings (SSSR count). The number of oxime groups is 1. The molecule has 148 valence electrons. The SMILES string of the molecule is Cc1cccc(C2C(C3[C@H]4CNC[C@@H]34)=NOC2(C)C)c1.O=C(O)C(F)(F)F. The number of piperidine rings is 1. The average Bonchev–Trinajstić information content (AvgIpc) is 2.89. The fourth-order valence-corrected chi connectivity index (χ4v) is 4.16. The van der Waals surface area contributed by atoms with E-state index in [0.29, 0.717) is 11.8 Å². The fraction of sp³-hybridized carbons (Fsp3) is 0.579. The number of aliphatic carboxylic acids is 1. The molecule has 1 aromatic rings. The molecule has 0 aromatic heterocycles. The Kier molecular flexibility index (Phi) is 4.96. The smallest absolute Gasteiger partial charge is 0.475 e. The van der Waals surface area contributed by atoms with E-state index in [1.54, 1.807) is 0 Å². The molecular formula is C19H23F3N2O3. The summed E-state index contributed by atoms with van der Waals surface area (Å²) in [4.78, 5) is 14.7. The van der Waals surface area contributed by atoms with Crippen molar-refractivity contribution in [3.63, 3.8) is 0 Å². The lowest BCUT2D eigenvalue weighted by atomic mass is 9.79. The van der Waals surface area contributed by atoms with Crippen LogP contribution in [0.15, 0.2) is 29.4 Å². The Morgan fingerprint density at radius 1 is 1.30 bits per heavy atom. The highest BCUT2D eigenvalue weighted by molar-refractivity contribution is 5.97. The maximum atomic E-state index is 10.6. The first-order valence-corrected chi connectivity index (χ1v) is 8.85. The minimum absolute atomic E-state index is 0.229. The number of aryl methyl sites for hydroxylation is 1. The van der Waals surface area contributed by atoms with Gasteiger partial charge < -0.3 is 15.3 Å². The van der Waals surface area contributed by atoms with Crippen LogP contribution in [0.1, 0.15) is 30.9 Å². The van der Waals surface area contributed by atoms with Crippen molar-refractivity contribution in [2.45, 2.75) is 38.5 Å². The highest BCUT2D eigenvalue weighted by Gasteiger charge is 2.60. The van der Waals surface area contributed by atoms with Crippen molar-refractivity contribution in [3.8, 4) is 0 Å². The van der Waals surface area contributed by atoms with E-state index in [9.17, 15) is 13.2 Å². The second-order valence-electron chi connectivity index (χ2n) is 7.87. The van der Waals surface area contributed by atoms with Crippen molar-refractivity contribution < 1.29 is 27.9 Å². The molecule has 3 aliphatic rings. The van der Waals surface area contributed by atoms with Gasteiger partial charge in [0.15, 0.2) is 0 Å². The van der Waals surface area contributed by atoms with Crippen molar-refractivity contribution >= 4 is 11.7 Å². The summed E-state index contributed by atoms with van der Waals surface area (Å²) in [5, 5.41) is 15.1. The highest BCUT2D eigenvalue weighted by atomic mass is 19.4. The number of benzene rings is 1. The van der Waals surface area contributed by atoms with Crippen molar-refractivity contribution in [1.82, 2.24) is 5.32 Å². The number of carbonyl (C=O) groups is 1. The van der Waals surface area contributed by atoms with Gasteiger partial charge in [0.1, 0.15) is 5.60 Å². The molecule has 2 N–H and O–H groups in total. The lowest BCUT2D eigenvalue weighted by molar-refractivity contribution is -0.192. The van der Waals surface area contributed by atoms with Crippen molar-refractivity contribution in [1.29, 1.82) is 0 Å². The summed E-state index contributed by atoms with van der Waals surface area (Å²) in [5.74, 6) is -0.230. The van der Waals surface area contributed by atoms with Crippen LogP contribution < -0.4 is 5.32 Å². The normalized spacial score (nSPS) is 30.5. The van der Waals surface area contributed by atoms with Crippen molar-refractivity contribution in [2.24, 2.45) is 22.9 Å². The summed E-state index contributed by atoms with van der Waals surface area (Å²) in [6.45, 7) is 8.77. The van der Waals surface area contributed by atoms with Crippen LogP contribution in [0.4, 0.5) is 13.2 Å². The monoisotopic (exact) mass is 384 g/mol. The van der Waals surface area contributed by atoms with Crippen LogP contribution in [0, 0.1) is 24.7 Å². The largest absolute Gasteiger partial charge is 0.490 e. The molecule has 2 unspecified atom stereocenters. The van der Waals surface area contributed by atoms with Gasteiger partial charge in [-0.05, 0) is 51.3 Å². The zero-order chi connectivity index (χ0) is 20.0. The highest BCUT2D eigenvalue weighted by Crippen LogP contribution is 2.55. The van der Waals surface area contributed by atoms with Crippen LogP contribution in [0.3, 0.4) is 0 Å². The standard InChI is InChI=1S/C17H22N2O.C2HF3O2/c1-10-5-4-6-11(7-10)15-16(19-20-17(15,2)3)14-12-8-18-9-13(12)14;3-2(4,5)1(6)7/h4-7,12-15,18H,8-9H2,1-3H3;(H,6,7)/t12-,13+,14?,15?;. The summed E-state index contributed by atoms with van der Waals surface area (Å²) in [7, 11) is 0. The van der Waals surface area contributed by atoms with Gasteiger partial charge in [-0.2, -0.15) is 13.2 Å². The Morgan fingerprint density at radius 3 is 2.41 bits per heavy atom. The van der Waals surface area contributed by atoms with Crippen molar-refractivity contribution in [2.75, 3.05) is 13.1 Å². The Morgan fingerprint density at radius 2 is 1.89 bits per heavy atom. The van der Waals surface area contributed by atoms with Gasteiger partial charge in [-0.3, -0.25) is 0 Å². The van der Waals surface area contributed by atoms with E-state index in [1.807, 2.05) is 0 Å². The van der Waals surface area contributed by atoms with Gasteiger partial charge in [0, 0.05) is 5.92 Å². The third-order valence-corrected chi connectivity index (χ3v) is 5.43. The molecule has 5 nitrogen and oxygen atoms in total.